The summed E-state index contributed by atoms with van der Waals surface area (Å²) in [5, 5.41) is 3.32. The van der Waals surface area contributed by atoms with Gasteiger partial charge in [0.2, 0.25) is 0 Å². The lowest BCUT2D eigenvalue weighted by molar-refractivity contribution is 0.672. The third-order valence-electron chi connectivity index (χ3n) is 3.79. The molecule has 0 saturated carbocycles. The van der Waals surface area contributed by atoms with Crippen LogP contribution in [0.4, 0.5) is 0 Å². The van der Waals surface area contributed by atoms with E-state index in [0.717, 1.165) is 13.1 Å². The van der Waals surface area contributed by atoms with Crippen molar-refractivity contribution in [2.75, 3.05) is 13.1 Å². The lowest BCUT2D eigenvalue weighted by Crippen LogP contribution is -2.14. The first-order chi connectivity index (χ1) is 11.9. The molecule has 3 rings (SSSR count). The molecule has 3 aromatic carbocycles. The number of rotatable bonds is 6. The van der Waals surface area contributed by atoms with Gasteiger partial charge >= 0.3 is 0 Å². The van der Waals surface area contributed by atoms with Crippen LogP contribution in [0.1, 0.15) is 18.9 Å². The Morgan fingerprint density at radius 1 is 0.630 bits per heavy atom. The van der Waals surface area contributed by atoms with Crippen LogP contribution in [0.5, 0.6) is 0 Å². The number of hydrogen-bond donors (Lipinski definition) is 1. The van der Waals surface area contributed by atoms with E-state index in [0.29, 0.717) is 0 Å². The molecule has 1 nitrogen and oxygen atoms in total. The van der Waals surface area contributed by atoms with Crippen LogP contribution < -0.4 is 5.32 Å². The summed E-state index contributed by atoms with van der Waals surface area (Å²) >= 11 is 0. The molecule has 0 fully saturated rings. The van der Waals surface area contributed by atoms with Crippen molar-refractivity contribution in [1.82, 2.24) is 5.32 Å². The van der Waals surface area contributed by atoms with Gasteiger partial charge in [-0.3, -0.25) is 0 Å². The zero-order valence-corrected chi connectivity index (χ0v) is 20.0. The minimum Gasteiger partial charge on any atom is -0.317 e. The van der Waals surface area contributed by atoms with Crippen molar-refractivity contribution in [3.05, 3.63) is 96.6 Å². The van der Waals surface area contributed by atoms with Crippen LogP contribution in [0.2, 0.25) is 0 Å². The Kier molecular flexibility index (Phi) is 18.8. The molecule has 0 radical (unpaired) electrons. The molecular weight excluding hydrogens is 388 g/mol. The standard InChI is InChI=1S/C12H10.C11H17N.ClH.2H3P/c1-3-7-11(8-4-1)12-9-5-2-6-10-12;1-2-12-10-6-9-11-7-4-3-5-8-11;;;/h1-10H;3-5,7-8,12H,2,6,9-10H2,1H3;1H;2*1H3. The van der Waals surface area contributed by atoms with Crippen LogP contribution in [0.25, 0.3) is 11.1 Å². The summed E-state index contributed by atoms with van der Waals surface area (Å²) < 4.78 is 0. The van der Waals surface area contributed by atoms with E-state index in [4.69, 9.17) is 0 Å². The first-order valence-corrected chi connectivity index (χ1v) is 8.75. The number of hydrogen-bond acceptors (Lipinski definition) is 1. The van der Waals surface area contributed by atoms with E-state index >= 15 is 0 Å². The molecule has 148 valence electrons. The minimum absolute atomic E-state index is 0. The van der Waals surface area contributed by atoms with Crippen molar-refractivity contribution >= 4 is 32.2 Å². The summed E-state index contributed by atoms with van der Waals surface area (Å²) in [7, 11) is 0. The maximum atomic E-state index is 3.32. The fourth-order valence-corrected chi connectivity index (χ4v) is 2.50. The molecule has 0 aromatic heterocycles. The second kappa shape index (κ2) is 18.1. The van der Waals surface area contributed by atoms with Crippen molar-refractivity contribution in [3.63, 3.8) is 0 Å². The van der Waals surface area contributed by atoms with Gasteiger partial charge in [0.1, 0.15) is 0 Å². The average molecular weight is 422 g/mol. The van der Waals surface area contributed by atoms with Crippen molar-refractivity contribution in [2.45, 2.75) is 19.8 Å². The maximum Gasteiger partial charge on any atom is -0.00459 e. The number of halogens is 1. The third kappa shape index (κ3) is 12.0. The third-order valence-corrected chi connectivity index (χ3v) is 3.79. The monoisotopic (exact) mass is 421 g/mol. The molecule has 2 unspecified atom stereocenters. The van der Waals surface area contributed by atoms with E-state index in [1.165, 1.54) is 29.5 Å². The van der Waals surface area contributed by atoms with E-state index in [9.17, 15) is 0 Å². The topological polar surface area (TPSA) is 12.0 Å². The van der Waals surface area contributed by atoms with Gasteiger partial charge < -0.3 is 5.32 Å². The van der Waals surface area contributed by atoms with Gasteiger partial charge in [-0.05, 0) is 42.6 Å². The Balaban J connectivity index is 0. The highest BCUT2D eigenvalue weighted by Gasteiger charge is 1.92. The number of aryl methyl sites for hydroxylation is 1. The lowest BCUT2D eigenvalue weighted by Gasteiger charge is -2.01. The Morgan fingerprint density at radius 3 is 1.44 bits per heavy atom. The molecule has 0 bridgehead atoms. The van der Waals surface area contributed by atoms with Crippen molar-refractivity contribution in [1.29, 1.82) is 0 Å². The van der Waals surface area contributed by atoms with Gasteiger partial charge in [0, 0.05) is 0 Å². The molecule has 1 N–H and O–H groups in total. The smallest absolute Gasteiger partial charge is 0.00459 e. The van der Waals surface area contributed by atoms with Gasteiger partial charge in [-0.15, -0.1) is 12.4 Å². The molecule has 0 heterocycles. The molecule has 0 aliphatic carbocycles. The molecule has 4 heteroatoms. The maximum absolute atomic E-state index is 3.32. The van der Waals surface area contributed by atoms with Crippen LogP contribution in [0.3, 0.4) is 0 Å². The summed E-state index contributed by atoms with van der Waals surface area (Å²) in [4.78, 5) is 0. The fourth-order valence-electron chi connectivity index (χ4n) is 2.50. The number of benzene rings is 3. The molecular formula is C23H34ClNP2. The Morgan fingerprint density at radius 2 is 1.04 bits per heavy atom. The normalized spacial score (nSPS) is 8.78. The van der Waals surface area contributed by atoms with E-state index in [2.05, 4.69) is 91.1 Å². The molecule has 0 amide bonds. The molecule has 0 aliphatic rings. The van der Waals surface area contributed by atoms with Gasteiger partial charge in [0.05, 0.1) is 0 Å². The van der Waals surface area contributed by atoms with E-state index < -0.39 is 0 Å². The predicted octanol–water partition coefficient (Wildman–Crippen LogP) is 6.12. The van der Waals surface area contributed by atoms with Crippen LogP contribution in [0.15, 0.2) is 91.0 Å². The molecule has 3 aromatic rings. The summed E-state index contributed by atoms with van der Waals surface area (Å²) in [5.74, 6) is 0. The van der Waals surface area contributed by atoms with Gasteiger partial charge in [0.25, 0.3) is 0 Å². The minimum atomic E-state index is 0. The largest absolute Gasteiger partial charge is 0.317 e. The zero-order valence-electron chi connectivity index (χ0n) is 16.3. The molecule has 0 spiro atoms. The molecule has 2 atom stereocenters. The van der Waals surface area contributed by atoms with Gasteiger partial charge in [-0.25, -0.2) is 0 Å². The highest BCUT2D eigenvalue weighted by molar-refractivity contribution is 6.92. The van der Waals surface area contributed by atoms with Crippen molar-refractivity contribution in [3.8, 4) is 11.1 Å². The summed E-state index contributed by atoms with van der Waals surface area (Å²) in [6.07, 6.45) is 2.42. The van der Waals surface area contributed by atoms with Crippen LogP contribution in [0, 0.1) is 0 Å². The first kappa shape index (κ1) is 28.0. The second-order valence-electron chi connectivity index (χ2n) is 5.67. The predicted molar refractivity (Wildman–Crippen MR) is 135 cm³/mol. The van der Waals surface area contributed by atoms with Crippen molar-refractivity contribution in [2.24, 2.45) is 0 Å². The van der Waals surface area contributed by atoms with Crippen LogP contribution in [-0.2, 0) is 6.42 Å². The zero-order chi connectivity index (χ0) is 16.9. The Hall–Kier alpha value is -1.23. The number of nitrogens with one attached hydrogen (secondary N) is 1. The summed E-state index contributed by atoms with van der Waals surface area (Å²) in [5.41, 5.74) is 3.99. The van der Waals surface area contributed by atoms with Crippen LogP contribution in [-0.4, -0.2) is 13.1 Å². The molecule has 0 saturated heterocycles. The van der Waals surface area contributed by atoms with Gasteiger partial charge in [-0.2, -0.15) is 19.8 Å². The summed E-state index contributed by atoms with van der Waals surface area (Å²) in [6.45, 7) is 4.35. The van der Waals surface area contributed by atoms with Crippen LogP contribution >= 0.6 is 32.2 Å². The fraction of sp³-hybridized carbons (Fsp3) is 0.217. The van der Waals surface area contributed by atoms with Crippen molar-refractivity contribution < 1.29 is 0 Å². The van der Waals surface area contributed by atoms with Gasteiger partial charge in [0.15, 0.2) is 0 Å². The quantitative estimate of drug-likeness (QED) is 0.373. The highest BCUT2D eigenvalue weighted by atomic mass is 35.5. The lowest BCUT2D eigenvalue weighted by atomic mass is 10.1. The average Bonchev–Trinajstić information content (AvgIpc) is 2.68. The second-order valence-corrected chi connectivity index (χ2v) is 5.67. The Bertz CT molecular complexity index is 626. The SMILES string of the molecule is CCNCCCc1ccccc1.Cl.P.P.c1ccc(-c2ccccc2)cc1. The highest BCUT2D eigenvalue weighted by Crippen LogP contribution is 2.17. The van der Waals surface area contributed by atoms with E-state index in [1.807, 2.05) is 12.1 Å². The molecule has 0 aliphatic heterocycles. The molecule has 27 heavy (non-hydrogen) atoms. The van der Waals surface area contributed by atoms with E-state index in [-0.39, 0.29) is 32.2 Å². The van der Waals surface area contributed by atoms with Gasteiger partial charge in [-0.1, -0.05) is 97.9 Å². The Labute approximate surface area is 178 Å². The summed E-state index contributed by atoms with van der Waals surface area (Å²) in [6, 6.07) is 31.4. The first-order valence-electron chi connectivity index (χ1n) is 8.75. The van der Waals surface area contributed by atoms with E-state index in [1.54, 1.807) is 0 Å².